The molecule has 2 aromatic carbocycles. The van der Waals surface area contributed by atoms with Gasteiger partial charge in [0.15, 0.2) is 18.1 Å². The lowest BCUT2D eigenvalue weighted by atomic mass is 10.2. The molecule has 0 spiro atoms. The van der Waals surface area contributed by atoms with E-state index in [1.54, 1.807) is 6.07 Å². The van der Waals surface area contributed by atoms with Crippen LogP contribution in [-0.4, -0.2) is 32.2 Å². The van der Waals surface area contributed by atoms with Crippen molar-refractivity contribution in [1.82, 2.24) is 0 Å². The van der Waals surface area contributed by atoms with Gasteiger partial charge in [-0.1, -0.05) is 34.8 Å². The number of halogens is 3. The van der Waals surface area contributed by atoms with Gasteiger partial charge in [-0.2, -0.15) is 0 Å². The zero-order chi connectivity index (χ0) is 20.0. The van der Waals surface area contributed by atoms with E-state index < -0.39 is 18.5 Å². The van der Waals surface area contributed by atoms with Crippen LogP contribution in [0.1, 0.15) is 17.3 Å². The molecule has 2 rings (SSSR count). The van der Waals surface area contributed by atoms with Gasteiger partial charge >= 0.3 is 5.97 Å². The van der Waals surface area contributed by atoms with Crippen LogP contribution in [0.4, 0.5) is 5.69 Å². The van der Waals surface area contributed by atoms with Crippen molar-refractivity contribution in [3.8, 4) is 11.5 Å². The molecule has 0 radical (unpaired) electrons. The summed E-state index contributed by atoms with van der Waals surface area (Å²) in [7, 11) is 1.46. The minimum absolute atomic E-state index is 0.170. The van der Waals surface area contributed by atoms with E-state index in [1.165, 1.54) is 31.4 Å². The molecular formula is C18H16Cl3NO5. The second-order valence-corrected chi connectivity index (χ2v) is 6.42. The summed E-state index contributed by atoms with van der Waals surface area (Å²) in [4.78, 5) is 24.2. The number of anilines is 1. The van der Waals surface area contributed by atoms with E-state index in [-0.39, 0.29) is 21.3 Å². The van der Waals surface area contributed by atoms with Crippen LogP contribution in [-0.2, 0) is 9.53 Å². The molecule has 0 fully saturated rings. The van der Waals surface area contributed by atoms with Crippen molar-refractivity contribution in [3.63, 3.8) is 0 Å². The van der Waals surface area contributed by atoms with Crippen LogP contribution in [0.15, 0.2) is 30.3 Å². The highest BCUT2D eigenvalue weighted by Gasteiger charge is 2.16. The van der Waals surface area contributed by atoms with Crippen LogP contribution in [0.2, 0.25) is 15.1 Å². The van der Waals surface area contributed by atoms with Crippen molar-refractivity contribution in [1.29, 1.82) is 0 Å². The quantitative estimate of drug-likeness (QED) is 0.633. The Bertz CT molecular complexity index is 834. The van der Waals surface area contributed by atoms with Gasteiger partial charge in [-0.15, -0.1) is 0 Å². The number of esters is 1. The highest BCUT2D eigenvalue weighted by Crippen LogP contribution is 2.33. The van der Waals surface area contributed by atoms with Crippen molar-refractivity contribution >= 4 is 52.4 Å². The first-order chi connectivity index (χ1) is 12.8. The fraction of sp³-hybridized carbons (Fsp3) is 0.222. The van der Waals surface area contributed by atoms with E-state index >= 15 is 0 Å². The van der Waals surface area contributed by atoms with Crippen molar-refractivity contribution < 1.29 is 23.8 Å². The molecule has 0 heterocycles. The van der Waals surface area contributed by atoms with Gasteiger partial charge < -0.3 is 19.5 Å². The lowest BCUT2D eigenvalue weighted by Crippen LogP contribution is -2.21. The summed E-state index contributed by atoms with van der Waals surface area (Å²) in [5.41, 5.74) is 0.400. The Morgan fingerprint density at radius 1 is 1.04 bits per heavy atom. The predicted octanol–water partition coefficient (Wildman–Crippen LogP) is 4.85. The molecule has 6 nitrogen and oxygen atoms in total. The highest BCUT2D eigenvalue weighted by molar-refractivity contribution is 6.42. The maximum absolute atomic E-state index is 12.1. The number of hydrogen-bond acceptors (Lipinski definition) is 5. The zero-order valence-electron chi connectivity index (χ0n) is 14.5. The monoisotopic (exact) mass is 431 g/mol. The maximum Gasteiger partial charge on any atom is 0.338 e. The van der Waals surface area contributed by atoms with Crippen molar-refractivity contribution in [2.45, 2.75) is 6.92 Å². The van der Waals surface area contributed by atoms with E-state index in [9.17, 15) is 9.59 Å². The van der Waals surface area contributed by atoms with Gasteiger partial charge in [0.05, 0.1) is 35.0 Å². The number of nitrogens with one attached hydrogen (secondary N) is 1. The van der Waals surface area contributed by atoms with Gasteiger partial charge in [0, 0.05) is 5.02 Å². The van der Waals surface area contributed by atoms with Gasteiger partial charge in [0.25, 0.3) is 5.91 Å². The standard InChI is InChI=1S/C18H16Cl3NO5/c1-3-26-14-5-4-10(6-15(14)25-2)18(24)27-9-16(23)22-17-12(20)7-11(19)8-13(17)21/h4-8H,3,9H2,1-2H3,(H,22,23). The molecule has 0 aliphatic heterocycles. The normalized spacial score (nSPS) is 10.3. The van der Waals surface area contributed by atoms with E-state index in [1.807, 2.05) is 6.92 Å². The number of ether oxygens (including phenoxy) is 3. The molecule has 0 bridgehead atoms. The number of methoxy groups -OCH3 is 1. The SMILES string of the molecule is CCOc1ccc(C(=O)OCC(=O)Nc2c(Cl)cc(Cl)cc2Cl)cc1OC. The molecule has 0 aliphatic carbocycles. The summed E-state index contributed by atoms with van der Waals surface area (Å²) in [6.07, 6.45) is 0. The summed E-state index contributed by atoms with van der Waals surface area (Å²) >= 11 is 17.8. The Morgan fingerprint density at radius 2 is 1.70 bits per heavy atom. The number of carbonyl (C=O) groups is 2. The summed E-state index contributed by atoms with van der Waals surface area (Å²) in [6.45, 7) is 1.76. The van der Waals surface area contributed by atoms with Gasteiger partial charge in [-0.25, -0.2) is 4.79 Å². The Morgan fingerprint density at radius 3 is 2.30 bits per heavy atom. The van der Waals surface area contributed by atoms with Crippen LogP contribution < -0.4 is 14.8 Å². The molecule has 1 amide bonds. The van der Waals surface area contributed by atoms with Gasteiger partial charge in [-0.05, 0) is 37.3 Å². The third kappa shape index (κ3) is 5.66. The number of amides is 1. The molecule has 27 heavy (non-hydrogen) atoms. The second-order valence-electron chi connectivity index (χ2n) is 5.17. The molecule has 0 atom stereocenters. The summed E-state index contributed by atoms with van der Waals surface area (Å²) in [5, 5.41) is 3.15. The summed E-state index contributed by atoms with van der Waals surface area (Å²) in [5.74, 6) is -0.413. The van der Waals surface area contributed by atoms with Crippen molar-refractivity contribution in [2.24, 2.45) is 0 Å². The second kappa shape index (κ2) is 9.69. The highest BCUT2D eigenvalue weighted by atomic mass is 35.5. The van der Waals surface area contributed by atoms with Crippen LogP contribution in [0.25, 0.3) is 0 Å². The predicted molar refractivity (Wildman–Crippen MR) is 105 cm³/mol. The summed E-state index contributed by atoms with van der Waals surface area (Å²) < 4.78 is 15.6. The third-order valence-corrected chi connectivity index (χ3v) is 4.12. The fourth-order valence-electron chi connectivity index (χ4n) is 2.12. The van der Waals surface area contributed by atoms with Gasteiger partial charge in [0.2, 0.25) is 0 Å². The van der Waals surface area contributed by atoms with Crippen LogP contribution in [0.5, 0.6) is 11.5 Å². The zero-order valence-corrected chi connectivity index (χ0v) is 16.7. The Kier molecular flexibility index (Phi) is 7.59. The van der Waals surface area contributed by atoms with E-state index in [2.05, 4.69) is 5.32 Å². The molecule has 0 aliphatic rings. The first-order valence-electron chi connectivity index (χ1n) is 7.78. The fourth-order valence-corrected chi connectivity index (χ4v) is 3.03. The molecule has 0 saturated heterocycles. The minimum atomic E-state index is -0.695. The first kappa shape index (κ1) is 21.2. The number of benzene rings is 2. The third-order valence-electron chi connectivity index (χ3n) is 3.30. The number of hydrogen-bond donors (Lipinski definition) is 1. The minimum Gasteiger partial charge on any atom is -0.493 e. The molecule has 2 aromatic rings. The number of carbonyl (C=O) groups excluding carboxylic acids is 2. The van der Waals surface area contributed by atoms with Crippen LogP contribution >= 0.6 is 34.8 Å². The molecule has 1 N–H and O–H groups in total. The molecule has 0 saturated carbocycles. The van der Waals surface area contributed by atoms with Crippen molar-refractivity contribution in [3.05, 3.63) is 51.0 Å². The Hall–Kier alpha value is -2.15. The maximum atomic E-state index is 12.1. The van der Waals surface area contributed by atoms with E-state index in [4.69, 9.17) is 49.0 Å². The van der Waals surface area contributed by atoms with Crippen LogP contribution in [0.3, 0.4) is 0 Å². The topological polar surface area (TPSA) is 73.9 Å². The molecular weight excluding hydrogens is 417 g/mol. The Labute approximate surface area is 171 Å². The van der Waals surface area contributed by atoms with Gasteiger partial charge in [0.1, 0.15) is 0 Å². The average Bonchev–Trinajstić information content (AvgIpc) is 2.63. The smallest absolute Gasteiger partial charge is 0.338 e. The Balaban J connectivity index is 2.00. The first-order valence-corrected chi connectivity index (χ1v) is 8.91. The number of rotatable bonds is 7. The molecule has 0 aromatic heterocycles. The lowest BCUT2D eigenvalue weighted by molar-refractivity contribution is -0.119. The van der Waals surface area contributed by atoms with E-state index in [0.29, 0.717) is 23.1 Å². The van der Waals surface area contributed by atoms with Crippen LogP contribution in [0, 0.1) is 0 Å². The van der Waals surface area contributed by atoms with E-state index in [0.717, 1.165) is 0 Å². The largest absolute Gasteiger partial charge is 0.493 e. The van der Waals surface area contributed by atoms with Crippen molar-refractivity contribution in [2.75, 3.05) is 25.6 Å². The van der Waals surface area contributed by atoms with Gasteiger partial charge in [-0.3, -0.25) is 4.79 Å². The lowest BCUT2D eigenvalue weighted by Gasteiger charge is -2.12. The summed E-state index contributed by atoms with van der Waals surface area (Å²) in [6, 6.07) is 7.44. The molecule has 0 unspecified atom stereocenters. The average molecular weight is 433 g/mol. The molecule has 9 heteroatoms. The molecule has 144 valence electrons.